The lowest BCUT2D eigenvalue weighted by Crippen LogP contribution is -2.45. The van der Waals surface area contributed by atoms with E-state index in [0.717, 1.165) is 12.0 Å². The van der Waals surface area contributed by atoms with Gasteiger partial charge in [-0.25, -0.2) is 4.79 Å². The summed E-state index contributed by atoms with van der Waals surface area (Å²) in [7, 11) is -1.26. The van der Waals surface area contributed by atoms with Crippen LogP contribution in [0, 0.1) is 0 Å². The van der Waals surface area contributed by atoms with Crippen molar-refractivity contribution in [3.63, 3.8) is 0 Å². The molecule has 2 aromatic rings. The van der Waals surface area contributed by atoms with Crippen LogP contribution in [0.1, 0.15) is 37.7 Å². The van der Waals surface area contributed by atoms with Crippen molar-refractivity contribution in [2.24, 2.45) is 5.73 Å². The quantitative estimate of drug-likeness (QED) is 0.364. The summed E-state index contributed by atoms with van der Waals surface area (Å²) in [5.41, 5.74) is 6.31. The number of primary amides is 1. The van der Waals surface area contributed by atoms with Gasteiger partial charge in [0, 0.05) is 23.6 Å². The molecule has 0 fully saturated rings. The van der Waals surface area contributed by atoms with E-state index >= 15 is 0 Å². The van der Waals surface area contributed by atoms with Gasteiger partial charge in [-0.1, -0.05) is 55.0 Å². The van der Waals surface area contributed by atoms with Crippen LogP contribution < -0.4 is 16.4 Å². The van der Waals surface area contributed by atoms with Gasteiger partial charge in [0.25, 0.3) is 0 Å². The van der Waals surface area contributed by atoms with E-state index in [1.807, 2.05) is 36.4 Å². The van der Waals surface area contributed by atoms with Crippen LogP contribution in [0.25, 0.3) is 0 Å². The number of alkyl carbamates (subject to hydrolysis) is 1. The van der Waals surface area contributed by atoms with E-state index in [9.17, 15) is 18.6 Å². The number of ether oxygens (including phenoxy) is 1. The van der Waals surface area contributed by atoms with Gasteiger partial charge in [0.05, 0.1) is 10.8 Å². The summed E-state index contributed by atoms with van der Waals surface area (Å²) in [5.74, 6) is -0.699. The van der Waals surface area contributed by atoms with Gasteiger partial charge >= 0.3 is 6.09 Å². The fourth-order valence-electron chi connectivity index (χ4n) is 3.02. The molecular formula is C24H31N3O5S. The van der Waals surface area contributed by atoms with Crippen LogP contribution in [0.4, 0.5) is 4.79 Å². The van der Waals surface area contributed by atoms with Gasteiger partial charge < -0.3 is 21.1 Å². The lowest BCUT2D eigenvalue weighted by Gasteiger charge is -2.15. The highest BCUT2D eigenvalue weighted by atomic mass is 32.2. The number of carbonyl (C=O) groups is 3. The Balaban J connectivity index is 1.56. The molecule has 2 rings (SSSR count). The van der Waals surface area contributed by atoms with Crippen molar-refractivity contribution in [3.8, 4) is 0 Å². The van der Waals surface area contributed by atoms with Crippen molar-refractivity contribution in [2.45, 2.75) is 49.6 Å². The second-order valence-electron chi connectivity index (χ2n) is 7.47. The number of hydrogen-bond acceptors (Lipinski definition) is 5. The molecule has 0 bridgehead atoms. The zero-order valence-corrected chi connectivity index (χ0v) is 19.4. The molecule has 0 heterocycles. The van der Waals surface area contributed by atoms with Crippen LogP contribution in [0.2, 0.25) is 0 Å². The molecule has 0 aliphatic rings. The van der Waals surface area contributed by atoms with Crippen LogP contribution in [0.15, 0.2) is 65.6 Å². The van der Waals surface area contributed by atoms with Gasteiger partial charge in [0.15, 0.2) is 0 Å². The molecule has 2 aromatic carbocycles. The molecule has 0 aliphatic heterocycles. The molecule has 0 radical (unpaired) electrons. The second-order valence-corrected chi connectivity index (χ2v) is 9.04. The number of nitrogens with two attached hydrogens (primary N) is 1. The van der Waals surface area contributed by atoms with E-state index in [0.29, 0.717) is 24.3 Å². The zero-order chi connectivity index (χ0) is 23.9. The number of nitrogens with one attached hydrogen (secondary N) is 2. The largest absolute Gasteiger partial charge is 0.445 e. The number of rotatable bonds is 14. The lowest BCUT2D eigenvalue weighted by atomic mass is 10.1. The molecule has 0 saturated heterocycles. The second kappa shape index (κ2) is 14.8. The molecule has 178 valence electrons. The van der Waals surface area contributed by atoms with E-state index in [1.165, 1.54) is 0 Å². The Bertz CT molecular complexity index is 909. The predicted octanol–water partition coefficient (Wildman–Crippen LogP) is 2.64. The summed E-state index contributed by atoms with van der Waals surface area (Å²) in [6.07, 6.45) is 2.00. The van der Waals surface area contributed by atoms with Gasteiger partial charge in [-0.15, -0.1) is 0 Å². The maximum Gasteiger partial charge on any atom is 0.407 e. The molecule has 2 atom stereocenters. The summed E-state index contributed by atoms with van der Waals surface area (Å²) in [6, 6.07) is 17.5. The maximum atomic E-state index is 12.3. The van der Waals surface area contributed by atoms with Crippen molar-refractivity contribution in [1.82, 2.24) is 10.6 Å². The van der Waals surface area contributed by atoms with Crippen LogP contribution in [0.3, 0.4) is 0 Å². The Labute approximate surface area is 196 Å². The van der Waals surface area contributed by atoms with E-state index in [2.05, 4.69) is 10.6 Å². The fraction of sp³-hybridized carbons (Fsp3) is 0.375. The number of amides is 3. The first-order valence-corrected chi connectivity index (χ1v) is 12.2. The summed E-state index contributed by atoms with van der Waals surface area (Å²) in [4.78, 5) is 36.2. The van der Waals surface area contributed by atoms with Crippen LogP contribution >= 0.6 is 0 Å². The SMILES string of the molecule is NC(=O)[C@H](CC[S@@](=O)c1ccccc1)NC(=O)CCCCCNC(=O)OCc1ccccc1. The lowest BCUT2D eigenvalue weighted by molar-refractivity contribution is -0.127. The number of benzene rings is 2. The highest BCUT2D eigenvalue weighted by Crippen LogP contribution is 2.08. The van der Waals surface area contributed by atoms with E-state index in [1.54, 1.807) is 24.3 Å². The van der Waals surface area contributed by atoms with Gasteiger partial charge in [0.2, 0.25) is 11.8 Å². The molecule has 33 heavy (non-hydrogen) atoms. The maximum absolute atomic E-state index is 12.3. The summed E-state index contributed by atoms with van der Waals surface area (Å²) >= 11 is 0. The Morgan fingerprint density at radius 2 is 1.61 bits per heavy atom. The van der Waals surface area contributed by atoms with Gasteiger partial charge in [-0.2, -0.15) is 0 Å². The molecule has 0 spiro atoms. The van der Waals surface area contributed by atoms with Crippen LogP contribution in [0.5, 0.6) is 0 Å². The highest BCUT2D eigenvalue weighted by molar-refractivity contribution is 7.85. The zero-order valence-electron chi connectivity index (χ0n) is 18.5. The topological polar surface area (TPSA) is 128 Å². The molecule has 3 amide bonds. The van der Waals surface area contributed by atoms with Crippen molar-refractivity contribution in [3.05, 3.63) is 66.2 Å². The molecule has 8 nitrogen and oxygen atoms in total. The first kappa shape index (κ1) is 26.1. The first-order valence-electron chi connectivity index (χ1n) is 10.9. The van der Waals surface area contributed by atoms with Gasteiger partial charge in [-0.05, 0) is 37.0 Å². The third kappa shape index (κ3) is 10.8. The first-order chi connectivity index (χ1) is 16.0. The number of unbranched alkanes of at least 4 members (excludes halogenated alkanes) is 2. The molecule has 4 N–H and O–H groups in total. The third-order valence-electron chi connectivity index (χ3n) is 4.84. The summed E-state index contributed by atoms with van der Waals surface area (Å²) < 4.78 is 17.4. The average Bonchev–Trinajstić information content (AvgIpc) is 2.83. The van der Waals surface area contributed by atoms with Crippen molar-refractivity contribution >= 4 is 28.7 Å². The third-order valence-corrected chi connectivity index (χ3v) is 6.24. The average molecular weight is 474 g/mol. The van der Waals surface area contributed by atoms with Crippen LogP contribution in [-0.2, 0) is 31.7 Å². The fourth-order valence-corrected chi connectivity index (χ4v) is 4.17. The standard InChI is InChI=1S/C24H31N3O5S/c25-23(29)21(15-17-33(31)20-12-6-2-7-13-20)27-22(28)14-8-3-9-16-26-24(30)32-18-19-10-4-1-5-11-19/h1-2,4-7,10-13,21H,3,8-9,14-18H2,(H2,25,29)(H,26,30)(H,27,28)/t21-,33+/m0/s1. The minimum Gasteiger partial charge on any atom is -0.445 e. The van der Waals surface area contributed by atoms with E-state index < -0.39 is 28.8 Å². The Morgan fingerprint density at radius 3 is 2.27 bits per heavy atom. The van der Waals surface area contributed by atoms with Crippen molar-refractivity contribution in [1.29, 1.82) is 0 Å². The van der Waals surface area contributed by atoms with E-state index in [4.69, 9.17) is 10.5 Å². The summed E-state index contributed by atoms with van der Waals surface area (Å²) in [6.45, 7) is 0.664. The highest BCUT2D eigenvalue weighted by Gasteiger charge is 2.19. The number of hydrogen-bond donors (Lipinski definition) is 3. The Morgan fingerprint density at radius 1 is 0.939 bits per heavy atom. The molecule has 9 heteroatoms. The Hall–Kier alpha value is -3.20. The molecule has 0 aliphatic carbocycles. The minimum absolute atomic E-state index is 0.206. The van der Waals surface area contributed by atoms with Crippen LogP contribution in [-0.4, -0.2) is 40.5 Å². The van der Waals surface area contributed by atoms with Crippen molar-refractivity contribution in [2.75, 3.05) is 12.3 Å². The van der Waals surface area contributed by atoms with E-state index in [-0.39, 0.29) is 31.1 Å². The predicted molar refractivity (Wildman–Crippen MR) is 127 cm³/mol. The van der Waals surface area contributed by atoms with Gasteiger partial charge in [0.1, 0.15) is 12.6 Å². The smallest absolute Gasteiger partial charge is 0.407 e. The van der Waals surface area contributed by atoms with Gasteiger partial charge in [-0.3, -0.25) is 13.8 Å². The minimum atomic E-state index is -1.26. The summed E-state index contributed by atoms with van der Waals surface area (Å²) in [5, 5.41) is 5.30. The normalized spacial score (nSPS) is 12.4. The molecular weight excluding hydrogens is 442 g/mol. The monoisotopic (exact) mass is 473 g/mol. The van der Waals surface area contributed by atoms with Crippen molar-refractivity contribution < 1.29 is 23.3 Å². The molecule has 0 unspecified atom stereocenters. The number of carbonyl (C=O) groups excluding carboxylic acids is 3. The Kier molecular flexibility index (Phi) is 11.7. The molecule has 0 aromatic heterocycles. The molecule has 0 saturated carbocycles.